The van der Waals surface area contributed by atoms with Gasteiger partial charge in [-0.3, -0.25) is 10.2 Å². The first-order chi connectivity index (χ1) is 14.3. The number of carbonyl (C=O) groups is 1. The predicted molar refractivity (Wildman–Crippen MR) is 112 cm³/mol. The standard InChI is InChI=1S/C20H24ClF3N4OS/c1-2-8-27-17(29)15-10-14(21)6-7-16(15)28-18(27)25-26-19(28)30-11-12-4-3-5-13(9-12)20(22,23)24/h3-5,9,14-16,18,25H,2,6-8,10-11H2,1H3. The molecule has 30 heavy (non-hydrogen) atoms. The molecule has 3 aliphatic rings. The number of thioether (sulfide) groups is 1. The monoisotopic (exact) mass is 460 g/mol. The number of nitrogens with one attached hydrogen (secondary N) is 1. The van der Waals surface area contributed by atoms with Crippen molar-refractivity contribution in [2.75, 3.05) is 6.54 Å². The molecule has 4 atom stereocenters. The van der Waals surface area contributed by atoms with Crippen molar-refractivity contribution >= 4 is 34.4 Å². The Labute approximate surface area is 183 Å². The lowest BCUT2D eigenvalue weighted by molar-refractivity contribution is -0.155. The average Bonchev–Trinajstić information content (AvgIpc) is 3.13. The molecule has 2 fully saturated rings. The quantitative estimate of drug-likeness (QED) is 0.675. The fraction of sp³-hybridized carbons (Fsp3) is 0.600. The minimum atomic E-state index is -4.36. The molecule has 0 radical (unpaired) electrons. The molecule has 1 aromatic rings. The van der Waals surface area contributed by atoms with Gasteiger partial charge in [-0.2, -0.15) is 18.3 Å². The molecule has 1 aromatic carbocycles. The van der Waals surface area contributed by atoms with E-state index in [9.17, 15) is 18.0 Å². The van der Waals surface area contributed by atoms with Gasteiger partial charge in [0.05, 0.1) is 11.5 Å². The van der Waals surface area contributed by atoms with Gasteiger partial charge in [0.1, 0.15) is 0 Å². The van der Waals surface area contributed by atoms with E-state index in [0.29, 0.717) is 29.4 Å². The Hall–Kier alpha value is -1.61. The van der Waals surface area contributed by atoms with Gasteiger partial charge < -0.3 is 9.80 Å². The van der Waals surface area contributed by atoms with Crippen LogP contribution in [0.5, 0.6) is 0 Å². The maximum absolute atomic E-state index is 13.1. The van der Waals surface area contributed by atoms with Gasteiger partial charge in [0.25, 0.3) is 0 Å². The van der Waals surface area contributed by atoms with Crippen LogP contribution < -0.4 is 5.43 Å². The Morgan fingerprint density at radius 1 is 1.33 bits per heavy atom. The van der Waals surface area contributed by atoms with Crippen molar-refractivity contribution in [3.63, 3.8) is 0 Å². The smallest absolute Gasteiger partial charge is 0.307 e. The van der Waals surface area contributed by atoms with E-state index in [1.165, 1.54) is 23.9 Å². The molecular formula is C20H24ClF3N4OS. The maximum atomic E-state index is 13.1. The fourth-order valence-corrected chi connectivity index (χ4v) is 5.78. The topological polar surface area (TPSA) is 47.9 Å². The number of benzene rings is 1. The van der Waals surface area contributed by atoms with Gasteiger partial charge in [0.15, 0.2) is 11.5 Å². The number of nitrogens with zero attached hydrogens (tertiary/aromatic N) is 3. The van der Waals surface area contributed by atoms with Crippen molar-refractivity contribution in [1.29, 1.82) is 0 Å². The fourth-order valence-electron chi connectivity index (χ4n) is 4.48. The summed E-state index contributed by atoms with van der Waals surface area (Å²) < 4.78 is 39.0. The third-order valence-corrected chi connectivity index (χ3v) is 7.28. The maximum Gasteiger partial charge on any atom is 0.416 e. The van der Waals surface area contributed by atoms with Gasteiger partial charge in [0.2, 0.25) is 5.91 Å². The first kappa shape index (κ1) is 21.6. The Morgan fingerprint density at radius 2 is 2.13 bits per heavy atom. The van der Waals surface area contributed by atoms with Crippen LogP contribution >= 0.6 is 23.4 Å². The van der Waals surface area contributed by atoms with Crippen LogP contribution in [0, 0.1) is 5.92 Å². The predicted octanol–water partition coefficient (Wildman–Crippen LogP) is 4.43. The number of hydrazone groups is 1. The SMILES string of the molecule is CCCN1C(=O)C2CC(Cl)CCC2N2C(SCc3cccc(C(F)(F)F)c3)=NNC12. The van der Waals surface area contributed by atoms with Gasteiger partial charge in [-0.1, -0.05) is 36.9 Å². The normalized spacial score (nSPS) is 28.7. The molecule has 4 rings (SSSR count). The van der Waals surface area contributed by atoms with Gasteiger partial charge in [-0.25, -0.2) is 0 Å². The Kier molecular flexibility index (Phi) is 6.12. The number of hydrogen-bond donors (Lipinski definition) is 1. The number of alkyl halides is 4. The van der Waals surface area contributed by atoms with Crippen LogP contribution in [0.25, 0.3) is 0 Å². The summed E-state index contributed by atoms with van der Waals surface area (Å²) >= 11 is 7.76. The second-order valence-corrected chi connectivity index (χ2v) is 9.47. The van der Waals surface area contributed by atoms with E-state index < -0.39 is 11.7 Å². The number of rotatable bonds is 4. The molecule has 0 aromatic heterocycles. The number of amides is 1. The minimum absolute atomic E-state index is 0.00775. The Balaban J connectivity index is 1.52. The molecule has 1 N–H and O–H groups in total. The number of amidine groups is 1. The average molecular weight is 461 g/mol. The molecule has 1 saturated heterocycles. The molecule has 5 nitrogen and oxygen atoms in total. The molecule has 1 amide bonds. The second kappa shape index (κ2) is 8.49. The van der Waals surface area contributed by atoms with E-state index >= 15 is 0 Å². The highest BCUT2D eigenvalue weighted by Gasteiger charge is 2.51. The number of hydrogen-bond acceptors (Lipinski definition) is 5. The van der Waals surface area contributed by atoms with Crippen molar-refractivity contribution in [2.45, 2.75) is 62.2 Å². The number of halogens is 4. The molecule has 2 heterocycles. The van der Waals surface area contributed by atoms with Crippen molar-refractivity contribution in [2.24, 2.45) is 11.0 Å². The van der Waals surface area contributed by atoms with Gasteiger partial charge >= 0.3 is 6.18 Å². The van der Waals surface area contributed by atoms with Crippen LogP contribution in [0.15, 0.2) is 29.4 Å². The zero-order chi connectivity index (χ0) is 21.5. The van der Waals surface area contributed by atoms with E-state index in [-0.39, 0.29) is 29.5 Å². The number of carbonyl (C=O) groups excluding carboxylic acids is 1. The summed E-state index contributed by atoms with van der Waals surface area (Å²) in [6, 6.07) is 5.38. The largest absolute Gasteiger partial charge is 0.416 e. The lowest BCUT2D eigenvalue weighted by Gasteiger charge is -2.51. The first-order valence-corrected chi connectivity index (χ1v) is 11.6. The summed E-state index contributed by atoms with van der Waals surface area (Å²) in [6.45, 7) is 2.64. The second-order valence-electron chi connectivity index (χ2n) is 7.91. The van der Waals surface area contributed by atoms with E-state index in [2.05, 4.69) is 15.4 Å². The van der Waals surface area contributed by atoms with E-state index in [1.54, 1.807) is 6.07 Å². The van der Waals surface area contributed by atoms with Crippen molar-refractivity contribution in [1.82, 2.24) is 15.2 Å². The van der Waals surface area contributed by atoms with Crippen LogP contribution in [0.1, 0.15) is 43.7 Å². The van der Waals surface area contributed by atoms with Crippen LogP contribution in [0.2, 0.25) is 0 Å². The summed E-state index contributed by atoms with van der Waals surface area (Å²) in [4.78, 5) is 17.1. The van der Waals surface area contributed by atoms with E-state index in [4.69, 9.17) is 11.6 Å². The Morgan fingerprint density at radius 3 is 2.87 bits per heavy atom. The third kappa shape index (κ3) is 4.10. The minimum Gasteiger partial charge on any atom is -0.307 e. The summed E-state index contributed by atoms with van der Waals surface area (Å²) in [5, 5.41) is 5.16. The van der Waals surface area contributed by atoms with Crippen LogP contribution in [-0.4, -0.2) is 45.1 Å². The van der Waals surface area contributed by atoms with Crippen molar-refractivity contribution < 1.29 is 18.0 Å². The van der Waals surface area contributed by atoms with E-state index in [1.807, 2.05) is 11.8 Å². The van der Waals surface area contributed by atoms with Crippen molar-refractivity contribution in [3.8, 4) is 0 Å². The zero-order valence-corrected chi connectivity index (χ0v) is 18.1. The summed E-state index contributed by atoms with van der Waals surface area (Å²) in [7, 11) is 0. The van der Waals surface area contributed by atoms with Crippen molar-refractivity contribution in [3.05, 3.63) is 35.4 Å². The molecule has 10 heteroatoms. The summed E-state index contributed by atoms with van der Waals surface area (Å²) in [5.41, 5.74) is 3.01. The lowest BCUT2D eigenvalue weighted by Crippen LogP contribution is -2.67. The van der Waals surface area contributed by atoms with Gasteiger partial charge in [0, 0.05) is 23.7 Å². The highest BCUT2D eigenvalue weighted by molar-refractivity contribution is 8.13. The third-order valence-electron chi connectivity index (χ3n) is 5.85. The molecule has 0 bridgehead atoms. The van der Waals surface area contributed by atoms with E-state index in [0.717, 1.165) is 25.3 Å². The van der Waals surface area contributed by atoms with Crippen LogP contribution in [-0.2, 0) is 16.7 Å². The molecule has 4 unspecified atom stereocenters. The molecule has 1 aliphatic carbocycles. The van der Waals surface area contributed by atoms with Crippen LogP contribution in [0.4, 0.5) is 13.2 Å². The highest BCUT2D eigenvalue weighted by Crippen LogP contribution is 2.40. The van der Waals surface area contributed by atoms with Gasteiger partial charge in [-0.15, -0.1) is 11.6 Å². The Bertz CT molecular complexity index is 837. The zero-order valence-electron chi connectivity index (χ0n) is 16.5. The number of fused-ring (bicyclic) bond motifs is 3. The first-order valence-electron chi connectivity index (χ1n) is 10.1. The molecular weight excluding hydrogens is 437 g/mol. The molecule has 1 saturated carbocycles. The summed E-state index contributed by atoms with van der Waals surface area (Å²) in [5.74, 6) is 0.300. The summed E-state index contributed by atoms with van der Waals surface area (Å²) in [6.07, 6.45) is -1.61. The molecule has 0 spiro atoms. The highest BCUT2D eigenvalue weighted by atomic mass is 35.5. The van der Waals surface area contributed by atoms with Gasteiger partial charge in [-0.05, 0) is 37.3 Å². The lowest BCUT2D eigenvalue weighted by atomic mass is 9.81. The molecule has 164 valence electrons. The van der Waals surface area contributed by atoms with Crippen LogP contribution in [0.3, 0.4) is 0 Å². The molecule has 2 aliphatic heterocycles.